The summed E-state index contributed by atoms with van der Waals surface area (Å²) in [6.45, 7) is 6.95. The molecule has 0 bridgehead atoms. The standard InChI is InChI=1S/C23H34ClN7/c1-25-23(26-11-6-10-22-28-27-21-9-3-2-4-12-31(21)22)30-15-13-29(14-16-30)18-19-7-5-8-20(24)17-19/h5,7-8,17H,2-4,6,9-16,18H2,1H3,(H,25,26). The third kappa shape index (κ3) is 5.98. The van der Waals surface area contributed by atoms with E-state index < -0.39 is 0 Å². The number of aryl methyl sites for hydroxylation is 2. The molecule has 0 saturated carbocycles. The van der Waals surface area contributed by atoms with E-state index in [0.717, 1.165) is 81.9 Å². The molecule has 31 heavy (non-hydrogen) atoms. The highest BCUT2D eigenvalue weighted by Gasteiger charge is 2.20. The van der Waals surface area contributed by atoms with Gasteiger partial charge in [0.25, 0.3) is 0 Å². The maximum atomic E-state index is 6.12. The molecule has 0 radical (unpaired) electrons. The number of nitrogens with zero attached hydrogens (tertiary/aromatic N) is 6. The van der Waals surface area contributed by atoms with Crippen molar-refractivity contribution >= 4 is 17.6 Å². The smallest absolute Gasteiger partial charge is 0.193 e. The molecule has 1 saturated heterocycles. The second kappa shape index (κ2) is 11.0. The molecule has 0 amide bonds. The molecule has 0 aliphatic carbocycles. The minimum atomic E-state index is 0.808. The Morgan fingerprint density at radius 1 is 1.10 bits per heavy atom. The predicted octanol–water partition coefficient (Wildman–Crippen LogP) is 2.98. The second-order valence-electron chi connectivity index (χ2n) is 8.47. The number of fused-ring (bicyclic) bond motifs is 1. The normalized spacial score (nSPS) is 18.0. The third-order valence-corrected chi connectivity index (χ3v) is 6.46. The summed E-state index contributed by atoms with van der Waals surface area (Å²) in [7, 11) is 1.87. The number of hydrogen-bond acceptors (Lipinski definition) is 4. The van der Waals surface area contributed by atoms with Crippen molar-refractivity contribution in [2.24, 2.45) is 4.99 Å². The zero-order valence-corrected chi connectivity index (χ0v) is 19.3. The lowest BCUT2D eigenvalue weighted by Gasteiger charge is -2.36. The molecule has 1 N–H and O–H groups in total. The van der Waals surface area contributed by atoms with Gasteiger partial charge in [0.05, 0.1) is 0 Å². The molecule has 1 aromatic carbocycles. The monoisotopic (exact) mass is 443 g/mol. The molecule has 168 valence electrons. The lowest BCUT2D eigenvalue weighted by atomic mass is 10.2. The van der Waals surface area contributed by atoms with E-state index in [9.17, 15) is 0 Å². The van der Waals surface area contributed by atoms with Crippen LogP contribution in [-0.2, 0) is 25.9 Å². The Labute approximate surface area is 190 Å². The first kappa shape index (κ1) is 22.1. The van der Waals surface area contributed by atoms with Crippen molar-refractivity contribution in [3.05, 3.63) is 46.5 Å². The van der Waals surface area contributed by atoms with Gasteiger partial charge in [-0.15, -0.1) is 10.2 Å². The zero-order valence-electron chi connectivity index (χ0n) is 18.6. The van der Waals surface area contributed by atoms with Gasteiger partial charge in [-0.05, 0) is 37.0 Å². The molecule has 4 rings (SSSR count). The second-order valence-corrected chi connectivity index (χ2v) is 8.90. The highest BCUT2D eigenvalue weighted by Crippen LogP contribution is 2.16. The van der Waals surface area contributed by atoms with E-state index in [-0.39, 0.29) is 0 Å². The van der Waals surface area contributed by atoms with Gasteiger partial charge in [-0.2, -0.15) is 0 Å². The van der Waals surface area contributed by atoms with Crippen molar-refractivity contribution in [3.8, 4) is 0 Å². The van der Waals surface area contributed by atoms with Gasteiger partial charge in [0, 0.05) is 70.7 Å². The molecule has 2 aromatic rings. The Bertz CT molecular complexity index is 871. The van der Waals surface area contributed by atoms with E-state index in [0.29, 0.717) is 0 Å². The fourth-order valence-corrected chi connectivity index (χ4v) is 4.73. The molecular formula is C23H34ClN7. The molecule has 0 unspecified atom stereocenters. The van der Waals surface area contributed by atoms with Crippen LogP contribution >= 0.6 is 11.6 Å². The summed E-state index contributed by atoms with van der Waals surface area (Å²) in [6, 6.07) is 8.16. The molecule has 7 nitrogen and oxygen atoms in total. The molecule has 2 aliphatic heterocycles. The van der Waals surface area contributed by atoms with E-state index in [2.05, 4.69) is 47.0 Å². The van der Waals surface area contributed by atoms with Crippen molar-refractivity contribution in [3.63, 3.8) is 0 Å². The Kier molecular flexibility index (Phi) is 7.81. The summed E-state index contributed by atoms with van der Waals surface area (Å²) in [5.74, 6) is 3.32. The topological polar surface area (TPSA) is 61.6 Å². The lowest BCUT2D eigenvalue weighted by Crippen LogP contribution is -2.52. The number of rotatable bonds is 6. The van der Waals surface area contributed by atoms with E-state index in [1.54, 1.807) is 0 Å². The molecule has 8 heteroatoms. The molecule has 0 spiro atoms. The Morgan fingerprint density at radius 2 is 1.97 bits per heavy atom. The predicted molar refractivity (Wildman–Crippen MR) is 126 cm³/mol. The van der Waals surface area contributed by atoms with Gasteiger partial charge < -0.3 is 14.8 Å². The lowest BCUT2D eigenvalue weighted by molar-refractivity contribution is 0.172. The average molecular weight is 444 g/mol. The summed E-state index contributed by atoms with van der Waals surface area (Å²) < 4.78 is 2.35. The summed E-state index contributed by atoms with van der Waals surface area (Å²) in [5.41, 5.74) is 1.27. The molecule has 0 atom stereocenters. The van der Waals surface area contributed by atoms with Crippen LogP contribution in [0.25, 0.3) is 0 Å². The third-order valence-electron chi connectivity index (χ3n) is 6.23. The van der Waals surface area contributed by atoms with E-state index >= 15 is 0 Å². The number of hydrogen-bond donors (Lipinski definition) is 1. The molecule has 3 heterocycles. The summed E-state index contributed by atoms with van der Waals surface area (Å²) in [6.07, 6.45) is 6.85. The van der Waals surface area contributed by atoms with Crippen molar-refractivity contribution in [1.82, 2.24) is 29.9 Å². The number of piperazine rings is 1. The average Bonchev–Trinajstić information content (AvgIpc) is 3.00. The summed E-state index contributed by atoms with van der Waals surface area (Å²) in [5, 5.41) is 13.2. The van der Waals surface area contributed by atoms with Crippen LogP contribution in [0, 0.1) is 0 Å². The van der Waals surface area contributed by atoms with Gasteiger partial charge in [0.2, 0.25) is 0 Å². The van der Waals surface area contributed by atoms with Gasteiger partial charge in [-0.3, -0.25) is 9.89 Å². The molecular weight excluding hydrogens is 410 g/mol. The van der Waals surface area contributed by atoms with Crippen LogP contribution in [0.4, 0.5) is 0 Å². The van der Waals surface area contributed by atoms with Crippen LogP contribution in [0.2, 0.25) is 5.02 Å². The number of halogens is 1. The summed E-state index contributed by atoms with van der Waals surface area (Å²) >= 11 is 6.12. The van der Waals surface area contributed by atoms with E-state index in [4.69, 9.17) is 11.6 Å². The Morgan fingerprint density at radius 3 is 2.77 bits per heavy atom. The maximum Gasteiger partial charge on any atom is 0.193 e. The van der Waals surface area contributed by atoms with Crippen molar-refractivity contribution in [2.45, 2.75) is 51.6 Å². The number of aromatic nitrogens is 3. The van der Waals surface area contributed by atoms with Crippen molar-refractivity contribution in [2.75, 3.05) is 39.8 Å². The Balaban J connectivity index is 1.19. The first-order valence-corrected chi connectivity index (χ1v) is 11.9. The number of benzene rings is 1. The Hall–Kier alpha value is -2.12. The van der Waals surface area contributed by atoms with Crippen LogP contribution in [0.1, 0.15) is 42.9 Å². The largest absolute Gasteiger partial charge is 0.356 e. The maximum absolute atomic E-state index is 6.12. The van der Waals surface area contributed by atoms with Crippen LogP contribution in [0.3, 0.4) is 0 Å². The number of nitrogens with one attached hydrogen (secondary N) is 1. The first-order chi connectivity index (χ1) is 15.2. The number of aliphatic imine (C=N–C) groups is 1. The van der Waals surface area contributed by atoms with Crippen molar-refractivity contribution in [1.29, 1.82) is 0 Å². The fourth-order valence-electron chi connectivity index (χ4n) is 4.52. The minimum Gasteiger partial charge on any atom is -0.356 e. The first-order valence-electron chi connectivity index (χ1n) is 11.6. The van der Waals surface area contributed by atoms with Gasteiger partial charge in [0.1, 0.15) is 11.6 Å². The van der Waals surface area contributed by atoms with Crippen LogP contribution in [0.5, 0.6) is 0 Å². The van der Waals surface area contributed by atoms with Crippen LogP contribution in [0.15, 0.2) is 29.3 Å². The molecule has 2 aliphatic rings. The van der Waals surface area contributed by atoms with Gasteiger partial charge in [-0.1, -0.05) is 30.2 Å². The highest BCUT2D eigenvalue weighted by molar-refractivity contribution is 6.30. The zero-order chi connectivity index (χ0) is 21.5. The van der Waals surface area contributed by atoms with E-state index in [1.165, 1.54) is 30.7 Å². The molecule has 1 aromatic heterocycles. The minimum absolute atomic E-state index is 0.808. The van der Waals surface area contributed by atoms with Crippen molar-refractivity contribution < 1.29 is 0 Å². The van der Waals surface area contributed by atoms with Gasteiger partial charge in [-0.25, -0.2) is 0 Å². The van der Waals surface area contributed by atoms with Gasteiger partial charge >= 0.3 is 0 Å². The summed E-state index contributed by atoms with van der Waals surface area (Å²) in [4.78, 5) is 9.35. The SMILES string of the molecule is CN=C(NCCCc1nnc2n1CCCCC2)N1CCN(Cc2cccc(Cl)c2)CC1. The number of guanidine groups is 1. The fraction of sp³-hybridized carbons (Fsp3) is 0.609. The van der Waals surface area contributed by atoms with Crippen LogP contribution < -0.4 is 5.32 Å². The highest BCUT2D eigenvalue weighted by atomic mass is 35.5. The van der Waals surface area contributed by atoms with Crippen LogP contribution in [-0.4, -0.2) is 70.3 Å². The van der Waals surface area contributed by atoms with Gasteiger partial charge in [0.15, 0.2) is 5.96 Å². The molecule has 1 fully saturated rings. The van der Waals surface area contributed by atoms with E-state index in [1.807, 2.05) is 19.2 Å². The quantitative estimate of drug-likeness (QED) is 0.422.